The Morgan fingerprint density at radius 1 is 1.05 bits per heavy atom. The summed E-state index contributed by atoms with van der Waals surface area (Å²) in [6.45, 7) is 1.93. The van der Waals surface area contributed by atoms with E-state index in [4.69, 9.17) is 0 Å². The summed E-state index contributed by atoms with van der Waals surface area (Å²) in [5.41, 5.74) is 1.51. The highest BCUT2D eigenvalue weighted by Crippen LogP contribution is 2.16. The molecule has 0 saturated carbocycles. The third kappa shape index (κ3) is 3.33. The van der Waals surface area contributed by atoms with Crippen molar-refractivity contribution in [1.29, 1.82) is 0 Å². The van der Waals surface area contributed by atoms with Crippen molar-refractivity contribution >= 4 is 16.7 Å². The fourth-order valence-corrected chi connectivity index (χ4v) is 2.74. The highest BCUT2D eigenvalue weighted by atomic mass is 32.2. The molecule has 1 amide bonds. The number of carbonyl (C=O) groups excluding carboxylic acids is 1. The molecule has 0 aliphatic heterocycles. The van der Waals surface area contributed by atoms with Gasteiger partial charge in [0.2, 0.25) is 0 Å². The molecule has 0 fully saturated rings. The SMILES string of the molecule is C[C@@H](NC(=O)c1ccccc1S(C)=O)c1ccccc1. The topological polar surface area (TPSA) is 46.2 Å². The van der Waals surface area contributed by atoms with Crippen LogP contribution in [0.5, 0.6) is 0 Å². The van der Waals surface area contributed by atoms with Crippen LogP contribution in [-0.4, -0.2) is 16.4 Å². The van der Waals surface area contributed by atoms with Crippen LogP contribution < -0.4 is 5.32 Å². The van der Waals surface area contributed by atoms with Crippen molar-refractivity contribution in [2.75, 3.05) is 6.26 Å². The first-order valence-electron chi connectivity index (χ1n) is 6.38. The maximum absolute atomic E-state index is 12.3. The summed E-state index contributed by atoms with van der Waals surface area (Å²) in [5, 5.41) is 2.93. The molecule has 3 nitrogen and oxygen atoms in total. The van der Waals surface area contributed by atoms with Crippen LogP contribution in [0.1, 0.15) is 28.9 Å². The number of benzene rings is 2. The van der Waals surface area contributed by atoms with Gasteiger partial charge in [-0.2, -0.15) is 0 Å². The van der Waals surface area contributed by atoms with E-state index in [2.05, 4.69) is 5.32 Å². The smallest absolute Gasteiger partial charge is 0.252 e. The number of nitrogens with one attached hydrogen (secondary N) is 1. The molecule has 0 aliphatic rings. The Morgan fingerprint density at radius 2 is 1.65 bits per heavy atom. The van der Waals surface area contributed by atoms with Crippen LogP contribution in [-0.2, 0) is 10.8 Å². The van der Waals surface area contributed by atoms with E-state index in [-0.39, 0.29) is 11.9 Å². The number of carbonyl (C=O) groups is 1. The maximum atomic E-state index is 12.3. The molecule has 1 unspecified atom stereocenters. The average Bonchev–Trinajstić information content (AvgIpc) is 2.48. The van der Waals surface area contributed by atoms with Gasteiger partial charge in [-0.15, -0.1) is 0 Å². The quantitative estimate of drug-likeness (QED) is 0.940. The molecule has 0 bridgehead atoms. The van der Waals surface area contributed by atoms with Crippen LogP contribution in [0.15, 0.2) is 59.5 Å². The molecule has 0 spiro atoms. The Morgan fingerprint density at radius 3 is 2.30 bits per heavy atom. The summed E-state index contributed by atoms with van der Waals surface area (Å²) in [6.07, 6.45) is 1.58. The Labute approximate surface area is 121 Å². The van der Waals surface area contributed by atoms with Gasteiger partial charge in [-0.1, -0.05) is 42.5 Å². The van der Waals surface area contributed by atoms with E-state index in [1.807, 2.05) is 37.3 Å². The monoisotopic (exact) mass is 287 g/mol. The molecule has 0 radical (unpaired) electrons. The van der Waals surface area contributed by atoms with Crippen molar-refractivity contribution in [3.8, 4) is 0 Å². The molecule has 0 aromatic heterocycles. The van der Waals surface area contributed by atoms with Gasteiger partial charge in [0, 0.05) is 6.26 Å². The van der Waals surface area contributed by atoms with E-state index >= 15 is 0 Å². The van der Waals surface area contributed by atoms with E-state index in [1.165, 1.54) is 0 Å². The van der Waals surface area contributed by atoms with Crippen molar-refractivity contribution < 1.29 is 9.00 Å². The Kier molecular flexibility index (Phi) is 4.69. The molecule has 0 heterocycles. The molecule has 1 N–H and O–H groups in total. The van der Waals surface area contributed by atoms with Gasteiger partial charge >= 0.3 is 0 Å². The van der Waals surface area contributed by atoms with E-state index in [1.54, 1.807) is 30.5 Å². The molecular weight excluding hydrogens is 270 g/mol. The van der Waals surface area contributed by atoms with Crippen molar-refractivity contribution in [3.05, 3.63) is 65.7 Å². The Balaban J connectivity index is 2.19. The van der Waals surface area contributed by atoms with Crippen LogP contribution in [0.25, 0.3) is 0 Å². The summed E-state index contributed by atoms with van der Waals surface area (Å²) >= 11 is 0. The van der Waals surface area contributed by atoms with Crippen molar-refractivity contribution in [2.24, 2.45) is 0 Å². The fourth-order valence-electron chi connectivity index (χ4n) is 2.00. The highest BCUT2D eigenvalue weighted by Gasteiger charge is 2.15. The van der Waals surface area contributed by atoms with E-state index < -0.39 is 10.8 Å². The van der Waals surface area contributed by atoms with E-state index in [9.17, 15) is 9.00 Å². The molecule has 2 aromatic rings. The van der Waals surface area contributed by atoms with E-state index in [0.29, 0.717) is 10.5 Å². The lowest BCUT2D eigenvalue weighted by Gasteiger charge is -2.15. The van der Waals surface area contributed by atoms with Crippen molar-refractivity contribution in [1.82, 2.24) is 5.32 Å². The lowest BCUT2D eigenvalue weighted by atomic mass is 10.1. The number of rotatable bonds is 4. The Hall–Kier alpha value is -1.94. The molecule has 2 atom stereocenters. The molecule has 2 rings (SSSR count). The second kappa shape index (κ2) is 6.48. The zero-order valence-corrected chi connectivity index (χ0v) is 12.3. The fraction of sp³-hybridized carbons (Fsp3) is 0.188. The average molecular weight is 287 g/mol. The van der Waals surface area contributed by atoms with Gasteiger partial charge in [0.05, 0.1) is 27.3 Å². The van der Waals surface area contributed by atoms with Gasteiger partial charge in [0.25, 0.3) is 5.91 Å². The summed E-state index contributed by atoms with van der Waals surface area (Å²) in [7, 11) is -1.18. The minimum absolute atomic E-state index is 0.0953. The molecule has 20 heavy (non-hydrogen) atoms. The second-order valence-electron chi connectivity index (χ2n) is 4.56. The van der Waals surface area contributed by atoms with Crippen molar-refractivity contribution in [3.63, 3.8) is 0 Å². The number of hydrogen-bond acceptors (Lipinski definition) is 2. The van der Waals surface area contributed by atoms with Gasteiger partial charge in [-0.05, 0) is 24.6 Å². The summed E-state index contributed by atoms with van der Waals surface area (Å²) in [4.78, 5) is 12.9. The predicted octanol–water partition coefficient (Wildman–Crippen LogP) is 2.92. The first kappa shape index (κ1) is 14.5. The van der Waals surface area contributed by atoms with Crippen LogP contribution in [0.3, 0.4) is 0 Å². The first-order valence-corrected chi connectivity index (χ1v) is 7.93. The largest absolute Gasteiger partial charge is 0.345 e. The minimum atomic E-state index is -1.18. The van der Waals surface area contributed by atoms with Gasteiger partial charge in [0.15, 0.2) is 0 Å². The van der Waals surface area contributed by atoms with Crippen LogP contribution in [0.4, 0.5) is 0 Å². The lowest BCUT2D eigenvalue weighted by Crippen LogP contribution is -2.27. The summed E-state index contributed by atoms with van der Waals surface area (Å²) in [5.74, 6) is -0.202. The van der Waals surface area contributed by atoms with E-state index in [0.717, 1.165) is 5.56 Å². The van der Waals surface area contributed by atoms with Gasteiger partial charge in [-0.25, -0.2) is 0 Å². The van der Waals surface area contributed by atoms with Crippen molar-refractivity contribution in [2.45, 2.75) is 17.9 Å². The van der Waals surface area contributed by atoms with Crippen LogP contribution in [0, 0.1) is 0 Å². The zero-order chi connectivity index (χ0) is 14.5. The van der Waals surface area contributed by atoms with Crippen LogP contribution >= 0.6 is 0 Å². The third-order valence-electron chi connectivity index (χ3n) is 3.09. The molecular formula is C16H17NO2S. The highest BCUT2D eigenvalue weighted by molar-refractivity contribution is 7.84. The molecule has 104 valence electrons. The molecule has 2 aromatic carbocycles. The number of amides is 1. The van der Waals surface area contributed by atoms with Gasteiger partial charge < -0.3 is 5.32 Å². The predicted molar refractivity (Wildman–Crippen MR) is 81.1 cm³/mol. The Bertz CT molecular complexity index is 625. The van der Waals surface area contributed by atoms with Crippen LogP contribution in [0.2, 0.25) is 0 Å². The van der Waals surface area contributed by atoms with Gasteiger partial charge in [-0.3, -0.25) is 9.00 Å². The standard InChI is InChI=1S/C16H17NO2S/c1-12(13-8-4-3-5-9-13)17-16(18)14-10-6-7-11-15(14)20(2)19/h3-12H,1-2H3,(H,17,18)/t12-,20?/m1/s1. The summed E-state index contributed by atoms with van der Waals surface area (Å²) < 4.78 is 11.7. The number of hydrogen-bond donors (Lipinski definition) is 1. The first-order chi connectivity index (χ1) is 9.59. The molecule has 0 aliphatic carbocycles. The molecule has 0 saturated heterocycles. The molecule has 4 heteroatoms. The lowest BCUT2D eigenvalue weighted by molar-refractivity contribution is 0.0937. The normalized spacial score (nSPS) is 13.5. The third-order valence-corrected chi connectivity index (χ3v) is 4.06. The summed E-state index contributed by atoms with van der Waals surface area (Å²) in [6, 6.07) is 16.6. The van der Waals surface area contributed by atoms with Gasteiger partial charge in [0.1, 0.15) is 0 Å². The maximum Gasteiger partial charge on any atom is 0.252 e. The zero-order valence-electron chi connectivity index (χ0n) is 11.5. The second-order valence-corrected chi connectivity index (χ2v) is 5.90. The minimum Gasteiger partial charge on any atom is -0.345 e.